The molecule has 1 fully saturated rings. The predicted molar refractivity (Wildman–Crippen MR) is 79.6 cm³/mol. The Morgan fingerprint density at radius 3 is 2.45 bits per heavy atom. The molecule has 20 heavy (non-hydrogen) atoms. The standard InChI is InChI=1S/C15H26N4O/c1-10-12(8-17-19(10)14(2,3)4)13(20)18-15(5,9-16)11-6-7-11/h8,11H,6-7,9,16H2,1-5H3,(H,18,20). The van der Waals surface area contributed by atoms with Gasteiger partial charge in [0.15, 0.2) is 0 Å². The zero-order valence-corrected chi connectivity index (χ0v) is 13.2. The molecule has 5 nitrogen and oxygen atoms in total. The van der Waals surface area contributed by atoms with Crippen LogP contribution in [0.5, 0.6) is 0 Å². The second-order valence-electron chi connectivity index (χ2n) is 7.08. The van der Waals surface area contributed by atoms with Crippen LogP contribution in [0.25, 0.3) is 0 Å². The van der Waals surface area contributed by atoms with Crippen molar-refractivity contribution in [3.8, 4) is 0 Å². The lowest BCUT2D eigenvalue weighted by molar-refractivity contribution is 0.0897. The molecule has 1 amide bonds. The fourth-order valence-electron chi connectivity index (χ4n) is 2.68. The second kappa shape index (κ2) is 4.88. The molecule has 3 N–H and O–H groups in total. The van der Waals surface area contributed by atoms with Gasteiger partial charge in [-0.2, -0.15) is 5.10 Å². The first-order valence-corrected chi connectivity index (χ1v) is 7.27. The molecule has 0 saturated heterocycles. The number of hydrogen-bond donors (Lipinski definition) is 2. The van der Waals surface area contributed by atoms with Crippen molar-refractivity contribution in [1.29, 1.82) is 0 Å². The molecule has 1 unspecified atom stereocenters. The molecular weight excluding hydrogens is 252 g/mol. The van der Waals surface area contributed by atoms with Gasteiger partial charge in [0.1, 0.15) is 0 Å². The van der Waals surface area contributed by atoms with Crippen molar-refractivity contribution in [1.82, 2.24) is 15.1 Å². The molecule has 0 bridgehead atoms. The number of nitrogens with two attached hydrogens (primary N) is 1. The minimum absolute atomic E-state index is 0.0714. The van der Waals surface area contributed by atoms with Gasteiger partial charge in [-0.1, -0.05) is 0 Å². The average molecular weight is 278 g/mol. The van der Waals surface area contributed by atoms with Crippen molar-refractivity contribution < 1.29 is 4.79 Å². The molecule has 0 radical (unpaired) electrons. The van der Waals surface area contributed by atoms with Crippen LogP contribution in [0.3, 0.4) is 0 Å². The molecule has 1 heterocycles. The summed E-state index contributed by atoms with van der Waals surface area (Å²) in [7, 11) is 0. The monoisotopic (exact) mass is 278 g/mol. The van der Waals surface area contributed by atoms with Gasteiger partial charge in [-0.05, 0) is 53.4 Å². The average Bonchev–Trinajstić information content (AvgIpc) is 3.11. The number of nitrogens with zero attached hydrogens (tertiary/aromatic N) is 2. The lowest BCUT2D eigenvalue weighted by Gasteiger charge is -2.29. The summed E-state index contributed by atoms with van der Waals surface area (Å²) in [6.45, 7) is 10.7. The topological polar surface area (TPSA) is 72.9 Å². The Hall–Kier alpha value is -1.36. The van der Waals surface area contributed by atoms with Crippen LogP contribution < -0.4 is 11.1 Å². The Labute approximate surface area is 120 Å². The third-order valence-electron chi connectivity index (χ3n) is 4.19. The van der Waals surface area contributed by atoms with E-state index in [4.69, 9.17) is 5.73 Å². The molecule has 1 aliphatic carbocycles. The maximum absolute atomic E-state index is 12.5. The van der Waals surface area contributed by atoms with Gasteiger partial charge in [0.05, 0.1) is 22.8 Å². The van der Waals surface area contributed by atoms with Crippen LogP contribution in [-0.2, 0) is 5.54 Å². The highest BCUT2D eigenvalue weighted by Gasteiger charge is 2.42. The van der Waals surface area contributed by atoms with Gasteiger partial charge in [-0.3, -0.25) is 9.48 Å². The number of rotatable bonds is 4. The van der Waals surface area contributed by atoms with Crippen LogP contribution >= 0.6 is 0 Å². The number of carbonyl (C=O) groups excluding carboxylic acids is 1. The number of nitrogens with one attached hydrogen (secondary N) is 1. The molecule has 0 aromatic carbocycles. The van der Waals surface area contributed by atoms with Crippen LogP contribution in [0.15, 0.2) is 6.20 Å². The van der Waals surface area contributed by atoms with E-state index in [0.717, 1.165) is 18.5 Å². The summed E-state index contributed by atoms with van der Waals surface area (Å²) in [5.74, 6) is 0.437. The normalized spacial score (nSPS) is 18.7. The first-order chi connectivity index (χ1) is 9.19. The summed E-state index contributed by atoms with van der Waals surface area (Å²) in [5, 5.41) is 7.46. The zero-order chi connectivity index (χ0) is 15.1. The fraction of sp³-hybridized carbons (Fsp3) is 0.733. The van der Waals surface area contributed by atoms with Gasteiger partial charge in [0, 0.05) is 12.2 Å². The number of hydrogen-bond acceptors (Lipinski definition) is 3. The third kappa shape index (κ3) is 2.73. The van der Waals surface area contributed by atoms with E-state index in [1.165, 1.54) is 0 Å². The number of aromatic nitrogens is 2. The minimum Gasteiger partial charge on any atom is -0.345 e. The van der Waals surface area contributed by atoms with Gasteiger partial charge in [0.25, 0.3) is 5.91 Å². The number of carbonyl (C=O) groups is 1. The molecule has 2 rings (SSSR count). The van der Waals surface area contributed by atoms with Crippen LogP contribution in [-0.4, -0.2) is 27.8 Å². The van der Waals surface area contributed by atoms with Crippen LogP contribution in [0.4, 0.5) is 0 Å². The van der Waals surface area contributed by atoms with E-state index < -0.39 is 0 Å². The van der Waals surface area contributed by atoms with Gasteiger partial charge < -0.3 is 11.1 Å². The van der Waals surface area contributed by atoms with Gasteiger partial charge in [-0.25, -0.2) is 0 Å². The molecule has 1 atom stereocenters. The van der Waals surface area contributed by atoms with Crippen molar-refractivity contribution in [2.75, 3.05) is 6.54 Å². The van der Waals surface area contributed by atoms with E-state index in [0.29, 0.717) is 18.0 Å². The Bertz CT molecular complexity index is 510. The molecule has 0 spiro atoms. The Balaban J connectivity index is 2.20. The molecule has 0 aliphatic heterocycles. The molecule has 1 aliphatic rings. The lowest BCUT2D eigenvalue weighted by Crippen LogP contribution is -2.53. The molecule has 112 valence electrons. The van der Waals surface area contributed by atoms with Gasteiger partial charge in [-0.15, -0.1) is 0 Å². The van der Waals surface area contributed by atoms with Crippen LogP contribution in [0.1, 0.15) is 56.6 Å². The van der Waals surface area contributed by atoms with E-state index in [1.807, 2.05) is 18.5 Å². The summed E-state index contributed by atoms with van der Waals surface area (Å²) in [6, 6.07) is 0. The smallest absolute Gasteiger partial charge is 0.255 e. The quantitative estimate of drug-likeness (QED) is 0.882. The van der Waals surface area contributed by atoms with E-state index >= 15 is 0 Å². The summed E-state index contributed by atoms with van der Waals surface area (Å²) >= 11 is 0. The Morgan fingerprint density at radius 2 is 2.05 bits per heavy atom. The maximum atomic E-state index is 12.5. The minimum atomic E-state index is -0.298. The summed E-state index contributed by atoms with van der Waals surface area (Å²) in [6.07, 6.45) is 3.95. The fourth-order valence-corrected chi connectivity index (χ4v) is 2.68. The largest absolute Gasteiger partial charge is 0.345 e. The highest BCUT2D eigenvalue weighted by molar-refractivity contribution is 5.95. The third-order valence-corrected chi connectivity index (χ3v) is 4.19. The summed E-state index contributed by atoms with van der Waals surface area (Å²) < 4.78 is 1.89. The van der Waals surface area contributed by atoms with Crippen LogP contribution in [0, 0.1) is 12.8 Å². The predicted octanol–water partition coefficient (Wildman–Crippen LogP) is 1.80. The molecule has 1 aromatic heterocycles. The van der Waals surface area contributed by atoms with Crippen molar-refractivity contribution in [2.45, 2.75) is 58.5 Å². The molecule has 1 saturated carbocycles. The lowest BCUT2D eigenvalue weighted by atomic mass is 9.95. The van der Waals surface area contributed by atoms with E-state index in [-0.39, 0.29) is 17.0 Å². The first kappa shape index (κ1) is 15.0. The highest BCUT2D eigenvalue weighted by Crippen LogP contribution is 2.39. The van der Waals surface area contributed by atoms with Gasteiger partial charge >= 0.3 is 0 Å². The van der Waals surface area contributed by atoms with E-state index in [2.05, 4.69) is 31.2 Å². The Morgan fingerprint density at radius 1 is 1.45 bits per heavy atom. The number of amides is 1. The van der Waals surface area contributed by atoms with E-state index in [1.54, 1.807) is 6.20 Å². The first-order valence-electron chi connectivity index (χ1n) is 7.27. The zero-order valence-electron chi connectivity index (χ0n) is 13.2. The van der Waals surface area contributed by atoms with Crippen LogP contribution in [0.2, 0.25) is 0 Å². The Kier molecular flexibility index (Phi) is 3.67. The maximum Gasteiger partial charge on any atom is 0.255 e. The van der Waals surface area contributed by atoms with E-state index in [9.17, 15) is 4.79 Å². The van der Waals surface area contributed by atoms with Crippen molar-refractivity contribution >= 4 is 5.91 Å². The molecular formula is C15H26N4O. The molecule has 1 aromatic rings. The summed E-state index contributed by atoms with van der Waals surface area (Å²) in [4.78, 5) is 12.5. The SMILES string of the molecule is Cc1c(C(=O)NC(C)(CN)C2CC2)cnn1C(C)(C)C. The van der Waals surface area contributed by atoms with Crippen molar-refractivity contribution in [3.05, 3.63) is 17.5 Å². The van der Waals surface area contributed by atoms with Crippen molar-refractivity contribution in [2.24, 2.45) is 11.7 Å². The van der Waals surface area contributed by atoms with Crippen molar-refractivity contribution in [3.63, 3.8) is 0 Å². The summed E-state index contributed by atoms with van der Waals surface area (Å²) in [5.41, 5.74) is 6.96. The van der Waals surface area contributed by atoms with Gasteiger partial charge in [0.2, 0.25) is 0 Å². The molecule has 5 heteroatoms. The highest BCUT2D eigenvalue weighted by atomic mass is 16.1. The second-order valence-corrected chi connectivity index (χ2v) is 7.08.